The van der Waals surface area contributed by atoms with Gasteiger partial charge in [-0.2, -0.15) is 0 Å². The van der Waals surface area contributed by atoms with Gasteiger partial charge in [0, 0.05) is 12.0 Å². The Hall–Kier alpha value is -1.64. The maximum absolute atomic E-state index is 12.3. The predicted octanol–water partition coefficient (Wildman–Crippen LogP) is 3.14. The van der Waals surface area contributed by atoms with Crippen LogP contribution >= 0.6 is 0 Å². The van der Waals surface area contributed by atoms with E-state index in [-0.39, 0.29) is 24.3 Å². The zero-order valence-electron chi connectivity index (χ0n) is 11.8. The van der Waals surface area contributed by atoms with E-state index in [4.69, 9.17) is 4.74 Å². The molecule has 1 heterocycles. The van der Waals surface area contributed by atoms with Crippen molar-refractivity contribution >= 4 is 11.8 Å². The zero-order chi connectivity index (χ0) is 14.0. The van der Waals surface area contributed by atoms with E-state index in [1.54, 1.807) is 0 Å². The lowest BCUT2D eigenvalue weighted by Gasteiger charge is -2.18. The monoisotopic (exact) mass is 260 g/mol. The standard InChI is InChI=1S/C16H20O3/c1-10-7-11(2)16-13(8-10)9-15(18)19-12(3)5-4-6-14(16)17/h7-8,12H,4-6,9H2,1-3H3. The molecule has 0 aromatic heterocycles. The molecule has 1 aromatic carbocycles. The Labute approximate surface area is 114 Å². The van der Waals surface area contributed by atoms with Gasteiger partial charge in [0.05, 0.1) is 12.5 Å². The summed E-state index contributed by atoms with van der Waals surface area (Å²) in [6.07, 6.45) is 2.12. The average Bonchev–Trinajstić information content (AvgIpc) is 2.26. The Bertz CT molecular complexity index is 517. The van der Waals surface area contributed by atoms with Crippen molar-refractivity contribution in [3.8, 4) is 0 Å². The molecule has 0 bridgehead atoms. The predicted molar refractivity (Wildman–Crippen MR) is 73.4 cm³/mol. The minimum absolute atomic E-state index is 0.104. The van der Waals surface area contributed by atoms with Gasteiger partial charge in [0.15, 0.2) is 5.78 Å². The summed E-state index contributed by atoms with van der Waals surface area (Å²) in [7, 11) is 0. The SMILES string of the molecule is Cc1cc(C)c2c(c1)CC(=O)OC(C)CCCC2=O. The Balaban J connectivity index is 2.44. The van der Waals surface area contributed by atoms with E-state index in [1.165, 1.54) is 0 Å². The van der Waals surface area contributed by atoms with Crippen molar-refractivity contribution in [2.24, 2.45) is 0 Å². The molecule has 0 radical (unpaired) electrons. The number of hydrogen-bond donors (Lipinski definition) is 0. The number of cyclic esters (lactones) is 1. The Morgan fingerprint density at radius 3 is 2.68 bits per heavy atom. The number of ketones is 1. The van der Waals surface area contributed by atoms with Crippen LogP contribution in [0.2, 0.25) is 0 Å². The second-order valence-corrected chi connectivity index (χ2v) is 5.41. The van der Waals surface area contributed by atoms with Crippen molar-refractivity contribution in [3.05, 3.63) is 34.4 Å². The second-order valence-electron chi connectivity index (χ2n) is 5.41. The van der Waals surface area contributed by atoms with Crippen LogP contribution in [0, 0.1) is 13.8 Å². The summed E-state index contributed by atoms with van der Waals surface area (Å²) in [5.74, 6) is -0.0946. The second kappa shape index (κ2) is 5.55. The smallest absolute Gasteiger partial charge is 0.310 e. The highest BCUT2D eigenvalue weighted by atomic mass is 16.5. The third-order valence-corrected chi connectivity index (χ3v) is 3.52. The molecule has 1 aliphatic heterocycles. The highest BCUT2D eigenvalue weighted by Crippen LogP contribution is 2.22. The van der Waals surface area contributed by atoms with Gasteiger partial charge in [-0.15, -0.1) is 0 Å². The fourth-order valence-electron chi connectivity index (χ4n) is 2.75. The Kier molecular flexibility index (Phi) is 4.03. The lowest BCUT2D eigenvalue weighted by atomic mass is 9.91. The van der Waals surface area contributed by atoms with Crippen molar-refractivity contribution in [1.82, 2.24) is 0 Å². The van der Waals surface area contributed by atoms with Crippen molar-refractivity contribution in [2.75, 3.05) is 0 Å². The summed E-state index contributed by atoms with van der Waals surface area (Å²) >= 11 is 0. The van der Waals surface area contributed by atoms with E-state index in [9.17, 15) is 9.59 Å². The molecule has 0 aliphatic carbocycles. The van der Waals surface area contributed by atoms with Crippen LogP contribution in [0.15, 0.2) is 12.1 Å². The molecule has 19 heavy (non-hydrogen) atoms. The normalized spacial score (nSPS) is 20.7. The van der Waals surface area contributed by atoms with Gasteiger partial charge in [-0.1, -0.05) is 17.7 Å². The van der Waals surface area contributed by atoms with Gasteiger partial charge in [-0.25, -0.2) is 0 Å². The van der Waals surface area contributed by atoms with Crippen LogP contribution in [0.25, 0.3) is 0 Å². The first-order valence-electron chi connectivity index (χ1n) is 6.80. The van der Waals surface area contributed by atoms with E-state index >= 15 is 0 Å². The number of aryl methyl sites for hydroxylation is 2. The van der Waals surface area contributed by atoms with Crippen LogP contribution in [0.5, 0.6) is 0 Å². The molecule has 1 unspecified atom stereocenters. The number of carbonyl (C=O) groups is 2. The maximum Gasteiger partial charge on any atom is 0.310 e. The highest BCUT2D eigenvalue weighted by molar-refractivity contribution is 5.99. The van der Waals surface area contributed by atoms with Crippen molar-refractivity contribution in [2.45, 2.75) is 52.6 Å². The third kappa shape index (κ3) is 3.22. The topological polar surface area (TPSA) is 43.4 Å². The molecule has 0 N–H and O–H groups in total. The number of carbonyl (C=O) groups excluding carboxylic acids is 2. The lowest BCUT2D eigenvalue weighted by molar-refractivity contribution is -0.147. The molecule has 0 saturated heterocycles. The van der Waals surface area contributed by atoms with Crippen molar-refractivity contribution in [3.63, 3.8) is 0 Å². The molecule has 0 saturated carbocycles. The molecule has 0 fully saturated rings. The first-order valence-corrected chi connectivity index (χ1v) is 6.80. The van der Waals surface area contributed by atoms with Crippen LogP contribution in [-0.4, -0.2) is 17.9 Å². The summed E-state index contributed by atoms with van der Waals surface area (Å²) in [5, 5.41) is 0. The number of rotatable bonds is 0. The van der Waals surface area contributed by atoms with Gasteiger partial charge in [-0.05, 0) is 44.7 Å². The summed E-state index contributed by atoms with van der Waals surface area (Å²) in [4.78, 5) is 24.2. The van der Waals surface area contributed by atoms with Crippen molar-refractivity contribution < 1.29 is 14.3 Å². The number of esters is 1. The van der Waals surface area contributed by atoms with Gasteiger partial charge in [-0.3, -0.25) is 9.59 Å². The van der Waals surface area contributed by atoms with Crippen LogP contribution < -0.4 is 0 Å². The Morgan fingerprint density at radius 1 is 1.21 bits per heavy atom. The van der Waals surface area contributed by atoms with E-state index in [1.807, 2.05) is 32.9 Å². The molecular weight excluding hydrogens is 240 g/mol. The summed E-state index contributed by atoms with van der Waals surface area (Å²) < 4.78 is 5.35. The largest absolute Gasteiger partial charge is 0.462 e. The van der Waals surface area contributed by atoms with Crippen LogP contribution in [0.1, 0.15) is 53.2 Å². The van der Waals surface area contributed by atoms with Crippen molar-refractivity contribution in [1.29, 1.82) is 0 Å². The summed E-state index contributed by atoms with van der Waals surface area (Å²) in [5.41, 5.74) is 3.56. The first-order chi connectivity index (χ1) is 8.97. The van der Waals surface area contributed by atoms with Crippen LogP contribution in [0.4, 0.5) is 0 Å². The highest BCUT2D eigenvalue weighted by Gasteiger charge is 2.21. The van der Waals surface area contributed by atoms with Gasteiger partial charge < -0.3 is 4.74 Å². The molecule has 2 rings (SSSR count). The van der Waals surface area contributed by atoms with Gasteiger partial charge in [0.2, 0.25) is 0 Å². The molecule has 1 aromatic rings. The first kappa shape index (κ1) is 13.8. The minimum atomic E-state index is -0.242. The molecular formula is C16H20O3. The number of hydrogen-bond acceptors (Lipinski definition) is 3. The molecule has 0 spiro atoms. The van der Waals surface area contributed by atoms with Crippen LogP contribution in [0.3, 0.4) is 0 Å². The number of Topliss-reactive ketones (excluding diaryl/α,β-unsaturated/α-hetero) is 1. The summed E-state index contributed by atoms with van der Waals surface area (Å²) in [6.45, 7) is 5.79. The number of ether oxygens (including phenoxy) is 1. The maximum atomic E-state index is 12.3. The number of benzene rings is 1. The van der Waals surface area contributed by atoms with E-state index < -0.39 is 0 Å². The fourth-order valence-corrected chi connectivity index (χ4v) is 2.75. The molecule has 0 amide bonds. The zero-order valence-corrected chi connectivity index (χ0v) is 11.8. The molecule has 1 atom stereocenters. The Morgan fingerprint density at radius 2 is 1.95 bits per heavy atom. The molecule has 1 aliphatic rings. The molecule has 102 valence electrons. The average molecular weight is 260 g/mol. The van der Waals surface area contributed by atoms with E-state index in [0.717, 1.165) is 35.1 Å². The minimum Gasteiger partial charge on any atom is -0.462 e. The third-order valence-electron chi connectivity index (χ3n) is 3.52. The van der Waals surface area contributed by atoms with Gasteiger partial charge in [0.1, 0.15) is 0 Å². The van der Waals surface area contributed by atoms with Gasteiger partial charge in [0.25, 0.3) is 0 Å². The lowest BCUT2D eigenvalue weighted by Crippen LogP contribution is -2.20. The van der Waals surface area contributed by atoms with Gasteiger partial charge >= 0.3 is 5.97 Å². The van der Waals surface area contributed by atoms with E-state index in [2.05, 4.69) is 0 Å². The van der Waals surface area contributed by atoms with E-state index in [0.29, 0.717) is 6.42 Å². The number of fused-ring (bicyclic) bond motifs is 1. The molecule has 3 heteroatoms. The summed E-state index contributed by atoms with van der Waals surface area (Å²) in [6, 6.07) is 3.92. The fraction of sp³-hybridized carbons (Fsp3) is 0.500. The molecule has 3 nitrogen and oxygen atoms in total. The quantitative estimate of drug-likeness (QED) is 0.673. The van der Waals surface area contributed by atoms with Crippen LogP contribution in [-0.2, 0) is 16.0 Å².